The summed E-state index contributed by atoms with van der Waals surface area (Å²) in [7, 11) is 1.68. The molecule has 2 heterocycles. The molecule has 1 unspecified atom stereocenters. The van der Waals surface area contributed by atoms with Crippen molar-refractivity contribution in [1.82, 2.24) is 4.57 Å². The highest BCUT2D eigenvalue weighted by Crippen LogP contribution is 2.41. The lowest BCUT2D eigenvalue weighted by Crippen LogP contribution is -2.25. The fraction of sp³-hybridized carbons (Fsp3) is 0.450. The number of rotatable bonds is 6. The van der Waals surface area contributed by atoms with Crippen LogP contribution in [-0.4, -0.2) is 24.9 Å². The first kappa shape index (κ1) is 18.0. The van der Waals surface area contributed by atoms with Gasteiger partial charge in [-0.1, -0.05) is 25.4 Å². The molecule has 0 saturated heterocycles. The lowest BCUT2D eigenvalue weighted by Gasteiger charge is -2.33. The van der Waals surface area contributed by atoms with Crippen LogP contribution in [0.2, 0.25) is 5.02 Å². The average molecular weight is 362 g/mol. The summed E-state index contributed by atoms with van der Waals surface area (Å²) in [4.78, 5) is 11.9. The Bertz CT molecular complexity index is 813. The van der Waals surface area contributed by atoms with Crippen molar-refractivity contribution in [2.45, 2.75) is 32.7 Å². The summed E-state index contributed by atoms with van der Waals surface area (Å²) >= 11 is 6.44. The van der Waals surface area contributed by atoms with E-state index in [4.69, 9.17) is 21.1 Å². The third-order valence-corrected chi connectivity index (χ3v) is 4.99. The minimum atomic E-state index is 0.0117. The van der Waals surface area contributed by atoms with Gasteiger partial charge in [0.2, 0.25) is 0 Å². The molecule has 0 saturated carbocycles. The van der Waals surface area contributed by atoms with Crippen LogP contribution in [-0.2, 0) is 11.2 Å². The maximum Gasteiger partial charge on any atom is 0.182 e. The molecule has 0 fully saturated rings. The van der Waals surface area contributed by atoms with Crippen LogP contribution in [0.15, 0.2) is 35.3 Å². The molecule has 25 heavy (non-hydrogen) atoms. The quantitative estimate of drug-likeness (QED) is 0.719. The number of ether oxygens (including phenoxy) is 2. The van der Waals surface area contributed by atoms with E-state index in [1.54, 1.807) is 19.2 Å². The molecule has 0 N–H and O–H groups in total. The van der Waals surface area contributed by atoms with Crippen molar-refractivity contribution < 1.29 is 9.47 Å². The van der Waals surface area contributed by atoms with E-state index in [9.17, 15) is 4.79 Å². The first-order chi connectivity index (χ1) is 12.0. The summed E-state index contributed by atoms with van der Waals surface area (Å²) < 4.78 is 13.1. The maximum absolute atomic E-state index is 11.9. The van der Waals surface area contributed by atoms with Gasteiger partial charge in [0.1, 0.15) is 5.75 Å². The SMILES string of the molecule is COCCCOc1cc2c(cc1Cl)-c1cc(=O)ccn1C(C(C)C)C2. The number of halogens is 1. The maximum atomic E-state index is 11.9. The Kier molecular flexibility index (Phi) is 5.50. The van der Waals surface area contributed by atoms with Crippen LogP contribution < -0.4 is 10.2 Å². The van der Waals surface area contributed by atoms with E-state index >= 15 is 0 Å². The van der Waals surface area contributed by atoms with Crippen LogP contribution >= 0.6 is 11.6 Å². The summed E-state index contributed by atoms with van der Waals surface area (Å²) in [5, 5.41) is 0.571. The molecule has 2 aromatic rings. The highest BCUT2D eigenvalue weighted by atomic mass is 35.5. The van der Waals surface area contributed by atoms with E-state index in [0.29, 0.717) is 35.9 Å². The molecule has 1 aromatic heterocycles. The second-order valence-electron chi connectivity index (χ2n) is 6.81. The summed E-state index contributed by atoms with van der Waals surface area (Å²) in [6.07, 6.45) is 3.61. The van der Waals surface area contributed by atoms with Gasteiger partial charge in [-0.2, -0.15) is 0 Å². The summed E-state index contributed by atoms with van der Waals surface area (Å²) in [6.45, 7) is 5.63. The molecule has 134 valence electrons. The van der Waals surface area contributed by atoms with Gasteiger partial charge in [-0.25, -0.2) is 0 Å². The molecule has 1 aliphatic heterocycles. The molecule has 1 aromatic carbocycles. The van der Waals surface area contributed by atoms with Gasteiger partial charge in [0.15, 0.2) is 5.43 Å². The number of pyridine rings is 1. The number of nitrogens with zero attached hydrogens (tertiary/aromatic N) is 1. The van der Waals surface area contributed by atoms with E-state index < -0.39 is 0 Å². The number of fused-ring (bicyclic) bond motifs is 3. The summed E-state index contributed by atoms with van der Waals surface area (Å²) in [5.74, 6) is 1.15. The van der Waals surface area contributed by atoms with E-state index in [-0.39, 0.29) is 5.43 Å². The van der Waals surface area contributed by atoms with Crippen molar-refractivity contribution in [3.63, 3.8) is 0 Å². The van der Waals surface area contributed by atoms with Crippen molar-refractivity contribution >= 4 is 11.6 Å². The van der Waals surface area contributed by atoms with E-state index in [2.05, 4.69) is 18.4 Å². The Morgan fingerprint density at radius 3 is 2.80 bits per heavy atom. The van der Waals surface area contributed by atoms with Gasteiger partial charge in [0.05, 0.1) is 17.3 Å². The van der Waals surface area contributed by atoms with E-state index in [1.165, 1.54) is 5.56 Å². The number of hydrogen-bond donors (Lipinski definition) is 0. The molecular weight excluding hydrogens is 338 g/mol. The zero-order valence-corrected chi connectivity index (χ0v) is 15.7. The number of aromatic nitrogens is 1. The minimum absolute atomic E-state index is 0.0117. The standard InChI is InChI=1S/C20H24ClNO3/c1-13(2)18-9-14-10-20(25-8-4-7-24-3)17(21)12-16(14)19-11-15(23)5-6-22(18)19/h5-6,10-13,18H,4,7-9H2,1-3H3. The fourth-order valence-electron chi connectivity index (χ4n) is 3.38. The summed E-state index contributed by atoms with van der Waals surface area (Å²) in [5.41, 5.74) is 3.14. The van der Waals surface area contributed by atoms with Crippen molar-refractivity contribution in [2.24, 2.45) is 5.92 Å². The smallest absolute Gasteiger partial charge is 0.182 e. The van der Waals surface area contributed by atoms with Crippen molar-refractivity contribution in [2.75, 3.05) is 20.3 Å². The monoisotopic (exact) mass is 361 g/mol. The molecular formula is C20H24ClNO3. The fourth-order valence-corrected chi connectivity index (χ4v) is 3.60. The number of benzene rings is 1. The largest absolute Gasteiger partial charge is 0.492 e. The number of hydrogen-bond acceptors (Lipinski definition) is 3. The molecule has 5 heteroatoms. The van der Waals surface area contributed by atoms with Gasteiger partial charge < -0.3 is 14.0 Å². The molecule has 0 aliphatic carbocycles. The Labute approximate surface area is 153 Å². The molecule has 3 rings (SSSR count). The van der Waals surface area contributed by atoms with Gasteiger partial charge >= 0.3 is 0 Å². The van der Waals surface area contributed by atoms with Crippen LogP contribution in [0.3, 0.4) is 0 Å². The van der Waals surface area contributed by atoms with Crippen LogP contribution in [0.5, 0.6) is 5.75 Å². The minimum Gasteiger partial charge on any atom is -0.492 e. The lowest BCUT2D eigenvalue weighted by atomic mass is 9.87. The van der Waals surface area contributed by atoms with Gasteiger partial charge in [-0.15, -0.1) is 0 Å². The van der Waals surface area contributed by atoms with Crippen LogP contribution in [0.4, 0.5) is 0 Å². The molecule has 0 amide bonds. The molecule has 0 spiro atoms. The first-order valence-electron chi connectivity index (χ1n) is 8.68. The average Bonchev–Trinajstić information content (AvgIpc) is 2.58. The third-order valence-electron chi connectivity index (χ3n) is 4.70. The van der Waals surface area contributed by atoms with Crippen LogP contribution in [0.1, 0.15) is 31.9 Å². The predicted molar refractivity (Wildman–Crippen MR) is 101 cm³/mol. The van der Waals surface area contributed by atoms with E-state index in [1.807, 2.05) is 18.3 Å². The normalized spacial score (nSPS) is 15.8. The van der Waals surface area contributed by atoms with Gasteiger partial charge in [0.25, 0.3) is 0 Å². The zero-order valence-electron chi connectivity index (χ0n) is 14.9. The van der Waals surface area contributed by atoms with Crippen molar-refractivity contribution in [3.8, 4) is 17.0 Å². The van der Waals surface area contributed by atoms with Crippen molar-refractivity contribution in [1.29, 1.82) is 0 Å². The number of methoxy groups -OCH3 is 1. The highest BCUT2D eigenvalue weighted by Gasteiger charge is 2.27. The van der Waals surface area contributed by atoms with Crippen LogP contribution in [0, 0.1) is 5.92 Å². The van der Waals surface area contributed by atoms with Gasteiger partial charge in [-0.05, 0) is 30.0 Å². The second kappa shape index (κ2) is 7.63. The Balaban J connectivity index is 1.99. The summed E-state index contributed by atoms with van der Waals surface area (Å²) in [6, 6.07) is 7.58. The molecule has 0 radical (unpaired) electrons. The molecule has 0 bridgehead atoms. The zero-order chi connectivity index (χ0) is 18.0. The molecule has 1 aliphatic rings. The Hall–Kier alpha value is -1.78. The van der Waals surface area contributed by atoms with Crippen molar-refractivity contribution in [3.05, 3.63) is 51.3 Å². The van der Waals surface area contributed by atoms with E-state index in [0.717, 1.165) is 24.1 Å². The lowest BCUT2D eigenvalue weighted by molar-refractivity contribution is 0.172. The van der Waals surface area contributed by atoms with Gasteiger partial charge in [-0.3, -0.25) is 4.79 Å². The van der Waals surface area contributed by atoms with Gasteiger partial charge in [0, 0.05) is 50.1 Å². The molecule has 1 atom stereocenters. The predicted octanol–water partition coefficient (Wildman–Crippen LogP) is 4.34. The Morgan fingerprint density at radius 2 is 2.08 bits per heavy atom. The third kappa shape index (κ3) is 3.75. The van der Waals surface area contributed by atoms with Crippen LogP contribution in [0.25, 0.3) is 11.3 Å². The second-order valence-corrected chi connectivity index (χ2v) is 7.21. The molecule has 4 nitrogen and oxygen atoms in total. The topological polar surface area (TPSA) is 40.5 Å². The highest BCUT2D eigenvalue weighted by molar-refractivity contribution is 6.32. The first-order valence-corrected chi connectivity index (χ1v) is 9.05. The Morgan fingerprint density at radius 1 is 1.28 bits per heavy atom.